The molecule has 0 radical (unpaired) electrons. The first kappa shape index (κ1) is 16.8. The second-order valence-electron chi connectivity index (χ2n) is 6.19. The normalized spacial score (nSPS) is 10.9. The quantitative estimate of drug-likeness (QED) is 0.759. The number of rotatable bonds is 4. The van der Waals surface area contributed by atoms with Crippen LogP contribution in [0.25, 0.3) is 10.9 Å². The van der Waals surface area contributed by atoms with Crippen LogP contribution in [0.4, 0.5) is 5.69 Å². The minimum absolute atomic E-state index is 0.144. The van der Waals surface area contributed by atoms with Crippen LogP contribution in [-0.4, -0.2) is 18.0 Å². The number of pyridine rings is 1. The molecule has 5 heteroatoms. The van der Waals surface area contributed by atoms with E-state index in [1.54, 1.807) is 43.5 Å². The van der Waals surface area contributed by atoms with Crippen LogP contribution in [0.1, 0.15) is 35.7 Å². The van der Waals surface area contributed by atoms with Crippen molar-refractivity contribution in [1.29, 1.82) is 0 Å². The van der Waals surface area contributed by atoms with Crippen molar-refractivity contribution in [2.75, 3.05) is 12.4 Å². The standard InChI is InChI=1S/C20H20N2O3/c1-12(2)17-11-19(23)22-18-10-14(6-9-16(17)18)21-20(24)13-4-7-15(25-3)8-5-13/h4-12H,1-3H3,(H,21,24)(H,22,23). The number of ether oxygens (including phenoxy) is 1. The van der Waals surface area contributed by atoms with Crippen LogP contribution >= 0.6 is 0 Å². The summed E-state index contributed by atoms with van der Waals surface area (Å²) >= 11 is 0. The van der Waals surface area contributed by atoms with Crippen LogP contribution < -0.4 is 15.6 Å². The van der Waals surface area contributed by atoms with Gasteiger partial charge in [-0.05, 0) is 47.9 Å². The Morgan fingerprint density at radius 1 is 1.08 bits per heavy atom. The van der Waals surface area contributed by atoms with Crippen LogP contribution in [0, 0.1) is 0 Å². The van der Waals surface area contributed by atoms with E-state index >= 15 is 0 Å². The van der Waals surface area contributed by atoms with Gasteiger partial charge in [0.05, 0.1) is 12.6 Å². The smallest absolute Gasteiger partial charge is 0.255 e. The van der Waals surface area contributed by atoms with E-state index in [-0.39, 0.29) is 17.4 Å². The van der Waals surface area contributed by atoms with E-state index in [0.717, 1.165) is 10.9 Å². The maximum Gasteiger partial charge on any atom is 0.255 e. The third kappa shape index (κ3) is 3.55. The molecule has 2 aromatic carbocycles. The topological polar surface area (TPSA) is 71.2 Å². The highest BCUT2D eigenvalue weighted by Crippen LogP contribution is 2.25. The molecule has 3 aromatic rings. The van der Waals surface area contributed by atoms with Gasteiger partial charge < -0.3 is 15.0 Å². The maximum atomic E-state index is 12.4. The lowest BCUT2D eigenvalue weighted by atomic mass is 9.99. The van der Waals surface area contributed by atoms with Crippen molar-refractivity contribution in [3.05, 3.63) is 70.0 Å². The predicted octanol–water partition coefficient (Wildman–Crippen LogP) is 3.91. The summed E-state index contributed by atoms with van der Waals surface area (Å²) in [6, 6.07) is 14.1. The molecule has 5 nitrogen and oxygen atoms in total. The van der Waals surface area contributed by atoms with Crippen molar-refractivity contribution < 1.29 is 9.53 Å². The number of hydrogen-bond acceptors (Lipinski definition) is 3. The molecule has 1 heterocycles. The summed E-state index contributed by atoms with van der Waals surface area (Å²) in [5, 5.41) is 3.84. The van der Waals surface area contributed by atoms with Crippen LogP contribution in [0.3, 0.4) is 0 Å². The number of aromatic nitrogens is 1. The lowest BCUT2D eigenvalue weighted by Gasteiger charge is -2.11. The Bertz CT molecular complexity index is 972. The van der Waals surface area contributed by atoms with Crippen LogP contribution in [0.2, 0.25) is 0 Å². The molecule has 0 aliphatic heterocycles. The molecular formula is C20H20N2O3. The number of aromatic amines is 1. The molecule has 0 aliphatic rings. The van der Waals surface area contributed by atoms with E-state index < -0.39 is 0 Å². The van der Waals surface area contributed by atoms with E-state index in [1.165, 1.54) is 0 Å². The zero-order valence-electron chi connectivity index (χ0n) is 14.4. The van der Waals surface area contributed by atoms with Gasteiger partial charge in [0, 0.05) is 22.7 Å². The second-order valence-corrected chi connectivity index (χ2v) is 6.19. The van der Waals surface area contributed by atoms with Gasteiger partial charge in [0.2, 0.25) is 5.56 Å². The number of carbonyl (C=O) groups is 1. The number of fused-ring (bicyclic) bond motifs is 1. The van der Waals surface area contributed by atoms with Crippen molar-refractivity contribution in [3.8, 4) is 5.75 Å². The molecule has 128 valence electrons. The summed E-state index contributed by atoms with van der Waals surface area (Å²) in [7, 11) is 1.58. The fourth-order valence-corrected chi connectivity index (χ4v) is 2.79. The zero-order chi connectivity index (χ0) is 18.0. The van der Waals surface area contributed by atoms with Crippen molar-refractivity contribution in [2.24, 2.45) is 0 Å². The summed E-state index contributed by atoms with van der Waals surface area (Å²) in [5.74, 6) is 0.718. The Hall–Kier alpha value is -3.08. The SMILES string of the molecule is COc1ccc(C(=O)Nc2ccc3c(C(C)C)cc(=O)[nH]c3c2)cc1. The van der Waals surface area contributed by atoms with Crippen LogP contribution in [0.5, 0.6) is 5.75 Å². The second kappa shape index (κ2) is 6.81. The van der Waals surface area contributed by atoms with E-state index in [1.807, 2.05) is 26.0 Å². The molecule has 3 rings (SSSR count). The minimum Gasteiger partial charge on any atom is -0.497 e. The maximum absolute atomic E-state index is 12.4. The Balaban J connectivity index is 1.91. The third-order valence-electron chi connectivity index (χ3n) is 4.11. The molecule has 0 atom stereocenters. The molecule has 25 heavy (non-hydrogen) atoms. The molecule has 0 unspecified atom stereocenters. The first-order valence-corrected chi connectivity index (χ1v) is 8.10. The molecule has 0 saturated carbocycles. The van der Waals surface area contributed by atoms with Gasteiger partial charge in [-0.25, -0.2) is 0 Å². The van der Waals surface area contributed by atoms with Gasteiger partial charge in [0.1, 0.15) is 5.75 Å². The van der Waals surface area contributed by atoms with Gasteiger partial charge in [0.25, 0.3) is 5.91 Å². The number of anilines is 1. The Morgan fingerprint density at radius 2 is 1.80 bits per heavy atom. The summed E-state index contributed by atoms with van der Waals surface area (Å²) in [5.41, 5.74) is 2.72. The fourth-order valence-electron chi connectivity index (χ4n) is 2.79. The van der Waals surface area contributed by atoms with E-state index in [0.29, 0.717) is 22.5 Å². The average Bonchev–Trinajstić information content (AvgIpc) is 2.60. The van der Waals surface area contributed by atoms with Crippen molar-refractivity contribution in [1.82, 2.24) is 4.98 Å². The number of amides is 1. The largest absolute Gasteiger partial charge is 0.497 e. The zero-order valence-corrected chi connectivity index (χ0v) is 14.4. The molecule has 2 N–H and O–H groups in total. The van der Waals surface area contributed by atoms with Gasteiger partial charge in [-0.3, -0.25) is 9.59 Å². The fraction of sp³-hybridized carbons (Fsp3) is 0.200. The minimum atomic E-state index is -0.218. The number of carbonyl (C=O) groups excluding carboxylic acids is 1. The Morgan fingerprint density at radius 3 is 2.44 bits per heavy atom. The molecule has 0 aliphatic carbocycles. The van der Waals surface area contributed by atoms with Gasteiger partial charge in [-0.2, -0.15) is 0 Å². The van der Waals surface area contributed by atoms with Gasteiger partial charge >= 0.3 is 0 Å². The molecule has 0 bridgehead atoms. The number of H-pyrrole nitrogens is 1. The lowest BCUT2D eigenvalue weighted by Crippen LogP contribution is -2.12. The van der Waals surface area contributed by atoms with Gasteiger partial charge in [-0.1, -0.05) is 19.9 Å². The third-order valence-corrected chi connectivity index (χ3v) is 4.11. The summed E-state index contributed by atoms with van der Waals surface area (Å²) in [6.45, 7) is 4.10. The number of hydrogen-bond donors (Lipinski definition) is 2. The molecule has 0 saturated heterocycles. The Labute approximate surface area is 145 Å². The highest BCUT2D eigenvalue weighted by atomic mass is 16.5. The predicted molar refractivity (Wildman–Crippen MR) is 99.6 cm³/mol. The lowest BCUT2D eigenvalue weighted by molar-refractivity contribution is 0.102. The summed E-state index contributed by atoms with van der Waals surface area (Å²) < 4.78 is 5.09. The Kier molecular flexibility index (Phi) is 4.57. The molecular weight excluding hydrogens is 316 g/mol. The van der Waals surface area contributed by atoms with E-state index in [9.17, 15) is 9.59 Å². The first-order valence-electron chi connectivity index (χ1n) is 8.10. The van der Waals surface area contributed by atoms with Gasteiger partial charge in [-0.15, -0.1) is 0 Å². The van der Waals surface area contributed by atoms with E-state index in [2.05, 4.69) is 10.3 Å². The molecule has 0 fully saturated rings. The highest BCUT2D eigenvalue weighted by molar-refractivity contribution is 6.05. The number of benzene rings is 2. The van der Waals surface area contributed by atoms with Crippen molar-refractivity contribution >= 4 is 22.5 Å². The van der Waals surface area contributed by atoms with E-state index in [4.69, 9.17) is 4.74 Å². The molecule has 0 spiro atoms. The summed E-state index contributed by atoms with van der Waals surface area (Å²) in [4.78, 5) is 27.1. The first-order chi connectivity index (χ1) is 12.0. The molecule has 1 amide bonds. The molecule has 1 aromatic heterocycles. The van der Waals surface area contributed by atoms with Gasteiger partial charge in [0.15, 0.2) is 0 Å². The number of methoxy groups -OCH3 is 1. The monoisotopic (exact) mass is 336 g/mol. The van der Waals surface area contributed by atoms with Crippen LogP contribution in [-0.2, 0) is 0 Å². The van der Waals surface area contributed by atoms with Crippen LogP contribution in [0.15, 0.2) is 53.3 Å². The van der Waals surface area contributed by atoms with Crippen molar-refractivity contribution in [3.63, 3.8) is 0 Å². The average molecular weight is 336 g/mol. The van der Waals surface area contributed by atoms with Crippen molar-refractivity contribution in [2.45, 2.75) is 19.8 Å². The highest BCUT2D eigenvalue weighted by Gasteiger charge is 2.10. The number of nitrogens with one attached hydrogen (secondary N) is 2. The summed E-state index contributed by atoms with van der Waals surface area (Å²) in [6.07, 6.45) is 0.